The van der Waals surface area contributed by atoms with Gasteiger partial charge in [-0.3, -0.25) is 4.31 Å². The second kappa shape index (κ2) is 4.71. The van der Waals surface area contributed by atoms with E-state index in [0.29, 0.717) is 23.7 Å². The van der Waals surface area contributed by atoms with Gasteiger partial charge in [0, 0.05) is 36.1 Å². The number of nitrogens with two attached hydrogens (primary N) is 1. The topological polar surface area (TPSA) is 81.2 Å². The van der Waals surface area contributed by atoms with Crippen LogP contribution < -0.4 is 10.0 Å². The van der Waals surface area contributed by atoms with Crippen molar-refractivity contribution in [3.05, 3.63) is 30.7 Å². The van der Waals surface area contributed by atoms with E-state index >= 15 is 0 Å². The minimum Gasteiger partial charge on any atom is -0.399 e. The van der Waals surface area contributed by atoms with Crippen LogP contribution in [0, 0.1) is 0 Å². The number of nitrogen functional groups attached to an aromatic ring is 1. The number of fused-ring (bicyclic) bond motifs is 1. The Morgan fingerprint density at radius 2 is 2.20 bits per heavy atom. The number of thioether (sulfide) groups is 1. The summed E-state index contributed by atoms with van der Waals surface area (Å²) < 4.78 is 28.4. The number of hydrogen-bond donors (Lipinski definition) is 1. The molecule has 2 N–H and O–H groups in total. The second-order valence-electron chi connectivity index (χ2n) is 4.53. The van der Waals surface area contributed by atoms with E-state index in [1.54, 1.807) is 35.5 Å². The summed E-state index contributed by atoms with van der Waals surface area (Å²) in [5.74, 6) is 0.711. The molecule has 0 spiro atoms. The highest BCUT2D eigenvalue weighted by Gasteiger charge is 2.31. The summed E-state index contributed by atoms with van der Waals surface area (Å²) in [7, 11) is -1.90. The standard InChI is InChI=1S/C12H14N4O2S2/c1-15-7-12(14-8-15)20(17,18)16-4-5-19-11-3-2-9(13)6-10(11)16/h2-3,6-8H,4-5,13H2,1H3. The fourth-order valence-electron chi connectivity index (χ4n) is 2.09. The summed E-state index contributed by atoms with van der Waals surface area (Å²) in [6.45, 7) is 0.417. The van der Waals surface area contributed by atoms with E-state index in [9.17, 15) is 8.42 Å². The molecular formula is C12H14N4O2S2. The first-order valence-corrected chi connectivity index (χ1v) is 8.44. The molecule has 1 aliphatic rings. The Morgan fingerprint density at radius 1 is 1.40 bits per heavy atom. The highest BCUT2D eigenvalue weighted by Crippen LogP contribution is 2.38. The van der Waals surface area contributed by atoms with E-state index in [1.165, 1.54) is 16.8 Å². The van der Waals surface area contributed by atoms with Crippen LogP contribution in [0.15, 0.2) is 40.6 Å². The van der Waals surface area contributed by atoms with E-state index in [1.807, 2.05) is 6.07 Å². The first-order valence-electron chi connectivity index (χ1n) is 6.01. The minimum absolute atomic E-state index is 0.0558. The van der Waals surface area contributed by atoms with Crippen molar-refractivity contribution in [2.45, 2.75) is 9.92 Å². The van der Waals surface area contributed by atoms with Crippen molar-refractivity contribution in [3.8, 4) is 0 Å². The molecular weight excluding hydrogens is 296 g/mol. The summed E-state index contributed by atoms with van der Waals surface area (Å²) in [6, 6.07) is 5.33. The van der Waals surface area contributed by atoms with E-state index in [-0.39, 0.29) is 5.03 Å². The Kier molecular flexibility index (Phi) is 3.14. The van der Waals surface area contributed by atoms with Crippen LogP contribution in [0.1, 0.15) is 0 Å². The van der Waals surface area contributed by atoms with Crippen LogP contribution in [0.2, 0.25) is 0 Å². The molecule has 0 saturated carbocycles. The fraction of sp³-hybridized carbons (Fsp3) is 0.250. The minimum atomic E-state index is -3.64. The molecule has 2 heterocycles. The molecule has 20 heavy (non-hydrogen) atoms. The molecule has 6 nitrogen and oxygen atoms in total. The van der Waals surface area contributed by atoms with E-state index < -0.39 is 10.0 Å². The Hall–Kier alpha value is -1.67. The number of nitrogens with zero attached hydrogens (tertiary/aromatic N) is 3. The Bertz CT molecular complexity index is 755. The van der Waals surface area contributed by atoms with Gasteiger partial charge in [-0.2, -0.15) is 8.42 Å². The van der Waals surface area contributed by atoms with Crippen LogP contribution in [-0.4, -0.2) is 30.3 Å². The van der Waals surface area contributed by atoms with Crippen molar-refractivity contribution in [3.63, 3.8) is 0 Å². The lowest BCUT2D eigenvalue weighted by atomic mass is 10.3. The molecule has 0 radical (unpaired) electrons. The molecule has 3 rings (SSSR count). The van der Waals surface area contributed by atoms with Crippen LogP contribution in [0.25, 0.3) is 0 Å². The molecule has 2 aromatic rings. The smallest absolute Gasteiger partial charge is 0.283 e. The maximum atomic E-state index is 12.7. The Morgan fingerprint density at radius 3 is 2.90 bits per heavy atom. The summed E-state index contributed by atoms with van der Waals surface area (Å²) >= 11 is 1.63. The number of anilines is 2. The highest BCUT2D eigenvalue weighted by atomic mass is 32.2. The molecule has 8 heteroatoms. The molecule has 0 saturated heterocycles. The first kappa shape index (κ1) is 13.3. The average Bonchev–Trinajstić information content (AvgIpc) is 2.85. The van der Waals surface area contributed by atoms with Crippen molar-refractivity contribution in [1.82, 2.24) is 9.55 Å². The molecule has 0 bridgehead atoms. The predicted octanol–water partition coefficient (Wildman–Crippen LogP) is 1.30. The Balaban J connectivity index is 2.10. The van der Waals surface area contributed by atoms with Gasteiger partial charge in [0.05, 0.1) is 12.0 Å². The molecule has 0 unspecified atom stereocenters. The van der Waals surface area contributed by atoms with Crippen molar-refractivity contribution < 1.29 is 8.42 Å². The quantitative estimate of drug-likeness (QED) is 0.846. The highest BCUT2D eigenvalue weighted by molar-refractivity contribution is 8.00. The maximum Gasteiger partial charge on any atom is 0.283 e. The zero-order chi connectivity index (χ0) is 14.3. The van der Waals surface area contributed by atoms with Gasteiger partial charge in [-0.15, -0.1) is 11.8 Å². The van der Waals surface area contributed by atoms with Gasteiger partial charge in [-0.05, 0) is 18.2 Å². The first-order chi connectivity index (χ1) is 9.48. The number of rotatable bonds is 2. The predicted molar refractivity (Wildman–Crippen MR) is 79.3 cm³/mol. The van der Waals surface area contributed by atoms with Crippen LogP contribution in [0.4, 0.5) is 11.4 Å². The largest absolute Gasteiger partial charge is 0.399 e. The lowest BCUT2D eigenvalue weighted by Crippen LogP contribution is -2.35. The number of sulfonamides is 1. The van der Waals surface area contributed by atoms with Gasteiger partial charge in [0.25, 0.3) is 10.0 Å². The number of hydrogen-bond acceptors (Lipinski definition) is 5. The summed E-state index contributed by atoms with van der Waals surface area (Å²) in [5.41, 5.74) is 6.96. The monoisotopic (exact) mass is 310 g/mol. The summed E-state index contributed by atoms with van der Waals surface area (Å²) in [5, 5.41) is 0.0558. The molecule has 1 aromatic heterocycles. The normalized spacial score (nSPS) is 15.2. The average molecular weight is 310 g/mol. The van der Waals surface area contributed by atoms with Gasteiger partial charge in [0.2, 0.25) is 0 Å². The van der Waals surface area contributed by atoms with Crippen LogP contribution in [0.3, 0.4) is 0 Å². The van der Waals surface area contributed by atoms with Crippen molar-refractivity contribution in [2.75, 3.05) is 22.3 Å². The van der Waals surface area contributed by atoms with E-state index in [4.69, 9.17) is 5.73 Å². The van der Waals surface area contributed by atoms with Crippen LogP contribution in [-0.2, 0) is 17.1 Å². The van der Waals surface area contributed by atoms with Gasteiger partial charge >= 0.3 is 0 Å². The third-order valence-corrected chi connectivity index (χ3v) is 5.78. The van der Waals surface area contributed by atoms with E-state index in [0.717, 1.165) is 4.90 Å². The third kappa shape index (κ3) is 2.14. The fourth-order valence-corrected chi connectivity index (χ4v) is 4.69. The van der Waals surface area contributed by atoms with Crippen LogP contribution >= 0.6 is 11.8 Å². The molecule has 0 aliphatic carbocycles. The summed E-state index contributed by atoms with van der Waals surface area (Å²) in [4.78, 5) is 4.87. The zero-order valence-corrected chi connectivity index (χ0v) is 12.5. The molecule has 106 valence electrons. The lowest BCUT2D eigenvalue weighted by Gasteiger charge is -2.29. The van der Waals surface area contributed by atoms with Gasteiger partial charge in [0.15, 0.2) is 5.03 Å². The van der Waals surface area contributed by atoms with Gasteiger partial charge in [-0.1, -0.05) is 0 Å². The Labute approximate surface area is 121 Å². The SMILES string of the molecule is Cn1cnc(S(=O)(=O)N2CCSc3ccc(N)cc32)c1. The van der Waals surface area contributed by atoms with E-state index in [2.05, 4.69) is 4.98 Å². The zero-order valence-electron chi connectivity index (χ0n) is 10.9. The molecule has 1 aliphatic heterocycles. The number of benzene rings is 1. The van der Waals surface area contributed by atoms with Gasteiger partial charge < -0.3 is 10.3 Å². The van der Waals surface area contributed by atoms with Crippen molar-refractivity contribution >= 4 is 33.2 Å². The number of imidazole rings is 1. The third-order valence-electron chi connectivity index (χ3n) is 3.04. The molecule has 0 amide bonds. The van der Waals surface area contributed by atoms with Crippen molar-refractivity contribution in [1.29, 1.82) is 0 Å². The number of aromatic nitrogens is 2. The second-order valence-corrected chi connectivity index (χ2v) is 7.48. The number of aryl methyl sites for hydroxylation is 1. The van der Waals surface area contributed by atoms with Crippen molar-refractivity contribution in [2.24, 2.45) is 7.05 Å². The molecule has 1 aromatic carbocycles. The van der Waals surface area contributed by atoms with Gasteiger partial charge in [0.1, 0.15) is 0 Å². The maximum absolute atomic E-state index is 12.7. The van der Waals surface area contributed by atoms with Crippen LogP contribution in [0.5, 0.6) is 0 Å². The molecule has 0 atom stereocenters. The lowest BCUT2D eigenvalue weighted by molar-refractivity contribution is 0.588. The van der Waals surface area contributed by atoms with Gasteiger partial charge in [-0.25, -0.2) is 4.98 Å². The molecule has 0 fully saturated rings. The summed E-state index contributed by atoms with van der Waals surface area (Å²) in [6.07, 6.45) is 2.98.